The zero-order valence-electron chi connectivity index (χ0n) is 17.9. The maximum atomic E-state index is 12.9. The maximum Gasteiger partial charge on any atom is 0.307 e. The second kappa shape index (κ2) is 7.19. The highest BCUT2D eigenvalue weighted by Crippen LogP contribution is 2.45. The summed E-state index contributed by atoms with van der Waals surface area (Å²) in [5, 5.41) is 10.1. The highest BCUT2D eigenvalue weighted by atomic mass is 32.3. The molecule has 32 heavy (non-hydrogen) atoms. The molecule has 0 saturated heterocycles. The van der Waals surface area contributed by atoms with Crippen LogP contribution in [0.4, 0.5) is 5.69 Å². The van der Waals surface area contributed by atoms with Crippen LogP contribution in [0.1, 0.15) is 46.4 Å². The van der Waals surface area contributed by atoms with E-state index in [0.29, 0.717) is 17.8 Å². The molecule has 0 fully saturated rings. The number of aromatic hydroxyl groups is 1. The van der Waals surface area contributed by atoms with Gasteiger partial charge in [0, 0.05) is 37.0 Å². The average Bonchev–Trinajstić information content (AvgIpc) is 3.28. The van der Waals surface area contributed by atoms with Gasteiger partial charge in [-0.05, 0) is 42.2 Å². The van der Waals surface area contributed by atoms with Gasteiger partial charge in [-0.1, -0.05) is 35.6 Å². The number of nitrogens with one attached hydrogen (secondary N) is 1. The lowest BCUT2D eigenvalue weighted by Crippen LogP contribution is -2.51. The molecule has 2 aliphatic rings. The Labute approximate surface area is 190 Å². The van der Waals surface area contributed by atoms with Gasteiger partial charge in [-0.15, -0.1) is 9.53 Å². The number of ether oxygens (including phenoxy) is 1. The Morgan fingerprint density at radius 3 is 2.66 bits per heavy atom. The van der Waals surface area contributed by atoms with Gasteiger partial charge >= 0.3 is 4.87 Å². The largest absolute Gasteiger partial charge is 0.494 e. The van der Waals surface area contributed by atoms with E-state index in [1.165, 1.54) is 12.5 Å². The molecule has 0 amide bonds. The number of H-pyrrole nitrogens is 1. The Morgan fingerprint density at radius 2 is 1.94 bits per heavy atom. The molecular weight excluding hydrogens is 448 g/mol. The summed E-state index contributed by atoms with van der Waals surface area (Å²) in [7, 11) is -3.91. The van der Waals surface area contributed by atoms with Gasteiger partial charge in [0.2, 0.25) is 5.88 Å². The molecule has 1 aromatic heterocycles. The number of fused-ring (bicyclic) bond motifs is 2. The first-order valence-electron chi connectivity index (χ1n) is 10.5. The normalized spacial score (nSPS) is 21.5. The minimum atomic E-state index is -3.91. The van der Waals surface area contributed by atoms with Crippen molar-refractivity contribution in [3.05, 3.63) is 73.7 Å². The van der Waals surface area contributed by atoms with Crippen molar-refractivity contribution in [1.29, 1.82) is 0 Å². The van der Waals surface area contributed by atoms with Crippen LogP contribution in [0.25, 0.3) is 0 Å². The number of aromatic amines is 1. The predicted octanol–water partition coefficient (Wildman–Crippen LogP) is 4.02. The average molecular weight is 475 g/mol. The molecule has 2 aromatic carbocycles. The third kappa shape index (κ3) is 3.74. The molecule has 170 valence electrons. The van der Waals surface area contributed by atoms with Crippen molar-refractivity contribution in [2.45, 2.75) is 31.3 Å². The summed E-state index contributed by atoms with van der Waals surface area (Å²) in [5.41, 5.74) is 3.89. The van der Waals surface area contributed by atoms with E-state index in [0.717, 1.165) is 52.3 Å². The van der Waals surface area contributed by atoms with Crippen LogP contribution in [-0.4, -0.2) is 37.9 Å². The van der Waals surface area contributed by atoms with Crippen LogP contribution in [0.15, 0.2) is 47.3 Å². The predicted molar refractivity (Wildman–Crippen MR) is 128 cm³/mol. The number of anilines is 1. The minimum absolute atomic E-state index is 0.0101. The Morgan fingerprint density at radius 1 is 1.16 bits per heavy atom. The number of hydrogen-bond donors (Lipinski definition) is 3. The third-order valence-corrected chi connectivity index (χ3v) is 8.84. The molecule has 2 atom stereocenters. The first kappa shape index (κ1) is 21.2. The van der Waals surface area contributed by atoms with Crippen LogP contribution in [0.3, 0.4) is 0 Å². The van der Waals surface area contributed by atoms with Gasteiger partial charge in [-0.25, -0.2) is 0 Å². The van der Waals surface area contributed by atoms with E-state index in [9.17, 15) is 18.7 Å². The number of nitrogens with zero attached hydrogens (tertiary/aromatic N) is 1. The van der Waals surface area contributed by atoms with Crippen LogP contribution in [-0.2, 0) is 16.0 Å². The van der Waals surface area contributed by atoms with Gasteiger partial charge < -0.3 is 9.84 Å². The van der Waals surface area contributed by atoms with Crippen LogP contribution >= 0.6 is 11.3 Å². The first-order valence-corrected chi connectivity index (χ1v) is 14.0. The summed E-state index contributed by atoms with van der Waals surface area (Å²) in [5.74, 6) is 0.724. The summed E-state index contributed by atoms with van der Waals surface area (Å²) >= 11 is 1.06. The Kier molecular flexibility index (Phi) is 4.77. The fourth-order valence-electron chi connectivity index (χ4n) is 4.83. The SMILES string of the molecule is CS(C)(=O)(O)N1CCC(Oc2ccc3c(c2)CCC3c2sc(=O)[nH]c2O)c2ccccc21. The van der Waals surface area contributed by atoms with Crippen LogP contribution in [0.5, 0.6) is 11.6 Å². The number of hydrogen-bond acceptors (Lipinski definition) is 5. The molecule has 9 heteroatoms. The Hall–Kier alpha value is -2.62. The van der Waals surface area contributed by atoms with Gasteiger partial charge in [0.25, 0.3) is 0 Å². The van der Waals surface area contributed by atoms with E-state index in [1.54, 1.807) is 4.31 Å². The molecule has 3 aromatic rings. The van der Waals surface area contributed by atoms with Crippen molar-refractivity contribution < 1.29 is 18.6 Å². The zero-order valence-corrected chi connectivity index (χ0v) is 19.5. The molecule has 3 N–H and O–H groups in total. The van der Waals surface area contributed by atoms with E-state index in [2.05, 4.69) is 4.98 Å². The van der Waals surface area contributed by atoms with Gasteiger partial charge in [0.15, 0.2) is 0 Å². The lowest BCUT2D eigenvalue weighted by molar-refractivity contribution is 0.193. The molecule has 0 saturated carbocycles. The van der Waals surface area contributed by atoms with E-state index in [1.807, 2.05) is 42.5 Å². The minimum Gasteiger partial charge on any atom is -0.494 e. The molecule has 0 radical (unpaired) electrons. The van der Waals surface area contributed by atoms with Gasteiger partial charge in [-0.2, -0.15) is 4.21 Å². The van der Waals surface area contributed by atoms with Crippen LogP contribution < -0.4 is 13.9 Å². The molecule has 7 nitrogen and oxygen atoms in total. The molecule has 1 aliphatic carbocycles. The van der Waals surface area contributed by atoms with Crippen molar-refractivity contribution in [3.8, 4) is 11.6 Å². The van der Waals surface area contributed by atoms with Crippen molar-refractivity contribution >= 4 is 26.6 Å². The fourth-order valence-corrected chi connectivity index (χ4v) is 7.07. The lowest BCUT2D eigenvalue weighted by atomic mass is 9.99. The monoisotopic (exact) mass is 474 g/mol. The molecule has 1 aliphatic heterocycles. The van der Waals surface area contributed by atoms with Gasteiger partial charge in [0.05, 0.1) is 10.6 Å². The molecule has 0 bridgehead atoms. The summed E-state index contributed by atoms with van der Waals surface area (Å²) in [6.45, 7) is 0.426. The first-order chi connectivity index (χ1) is 15.1. The Balaban J connectivity index is 1.42. The van der Waals surface area contributed by atoms with E-state index in [-0.39, 0.29) is 22.8 Å². The number of rotatable bonds is 4. The fraction of sp³-hybridized carbons (Fsp3) is 0.348. The molecule has 0 spiro atoms. The third-order valence-electron chi connectivity index (χ3n) is 6.22. The van der Waals surface area contributed by atoms with Crippen molar-refractivity contribution in [2.24, 2.45) is 0 Å². The van der Waals surface area contributed by atoms with Crippen molar-refractivity contribution in [2.75, 3.05) is 23.4 Å². The standard InChI is InChI=1S/C23H26N2O5S2/c1-32(2,28,29)25-12-11-20(18-5-3-4-6-19(18)25)30-15-8-10-16-14(13-15)7-9-17(16)21-22(26)24-23(27)31-21/h3-6,8,10,13,17,20,26H,7,9,11-12H2,1-2H3,(H,24,27)(H,28,29). The summed E-state index contributed by atoms with van der Waals surface area (Å²) in [4.78, 5) is 14.5. The second-order valence-electron chi connectivity index (χ2n) is 8.94. The van der Waals surface area contributed by atoms with Gasteiger partial charge in [0.1, 0.15) is 11.9 Å². The van der Waals surface area contributed by atoms with Crippen LogP contribution in [0, 0.1) is 0 Å². The quantitative estimate of drug-likeness (QED) is 0.530. The van der Waals surface area contributed by atoms with Crippen molar-refractivity contribution in [3.63, 3.8) is 0 Å². The van der Waals surface area contributed by atoms with Gasteiger partial charge in [-0.3, -0.25) is 18.6 Å². The van der Waals surface area contributed by atoms with E-state index < -0.39 is 9.53 Å². The summed E-state index contributed by atoms with van der Waals surface area (Å²) in [6.07, 6.45) is 4.82. The number of aryl methyl sites for hydroxylation is 1. The van der Waals surface area contributed by atoms with E-state index >= 15 is 0 Å². The number of para-hydroxylation sites is 1. The number of aromatic nitrogens is 1. The molecular formula is C23H26N2O5S2. The molecule has 2 heterocycles. The van der Waals surface area contributed by atoms with Crippen LogP contribution in [0.2, 0.25) is 0 Å². The number of thiazole rings is 1. The Bertz CT molecular complexity index is 1310. The summed E-state index contributed by atoms with van der Waals surface area (Å²) < 4.78 is 31.4. The maximum absolute atomic E-state index is 12.9. The highest BCUT2D eigenvalue weighted by Gasteiger charge is 2.34. The lowest BCUT2D eigenvalue weighted by Gasteiger charge is -2.50. The molecule has 5 rings (SSSR count). The smallest absolute Gasteiger partial charge is 0.307 e. The van der Waals surface area contributed by atoms with E-state index in [4.69, 9.17) is 4.74 Å². The summed E-state index contributed by atoms with van der Waals surface area (Å²) in [6, 6.07) is 13.6. The highest BCUT2D eigenvalue weighted by molar-refractivity contribution is 8.15. The zero-order chi connectivity index (χ0) is 22.7. The molecule has 2 unspecified atom stereocenters. The topological polar surface area (TPSA) is 103 Å². The number of benzene rings is 2. The van der Waals surface area contributed by atoms with Crippen molar-refractivity contribution in [1.82, 2.24) is 4.98 Å². The second-order valence-corrected chi connectivity index (χ2v) is 13.8.